The van der Waals surface area contributed by atoms with Crippen LogP contribution in [-0.4, -0.2) is 37.0 Å². The predicted molar refractivity (Wildman–Crippen MR) is 81.6 cm³/mol. The van der Waals surface area contributed by atoms with Gasteiger partial charge in [0.15, 0.2) is 5.65 Å². The van der Waals surface area contributed by atoms with Crippen LogP contribution in [0.2, 0.25) is 0 Å². The van der Waals surface area contributed by atoms with Crippen LogP contribution in [0.1, 0.15) is 25.3 Å². The minimum absolute atomic E-state index is 0.0785. The molecule has 0 amide bonds. The van der Waals surface area contributed by atoms with E-state index in [0.717, 1.165) is 22.7 Å². The van der Waals surface area contributed by atoms with Crippen molar-refractivity contribution in [2.45, 2.75) is 24.9 Å². The number of hydrogen-bond acceptors (Lipinski definition) is 5. The molecule has 0 aliphatic carbocycles. The van der Waals surface area contributed by atoms with Crippen LogP contribution < -0.4 is 0 Å². The van der Waals surface area contributed by atoms with Gasteiger partial charge in [0, 0.05) is 10.9 Å². The Morgan fingerprint density at radius 2 is 2.19 bits per heavy atom. The normalized spacial score (nSPS) is 11.6. The molecule has 2 heterocycles. The Balaban J connectivity index is 2.06. The first-order valence-electron chi connectivity index (χ1n) is 6.55. The number of nitrogens with one attached hydrogen (secondary N) is 1. The van der Waals surface area contributed by atoms with Gasteiger partial charge in [-0.1, -0.05) is 31.7 Å². The number of carboxylic acid groups (broad SMARTS) is 1. The van der Waals surface area contributed by atoms with E-state index in [1.807, 2.05) is 6.07 Å². The van der Waals surface area contributed by atoms with Crippen LogP contribution in [0.25, 0.3) is 22.1 Å². The van der Waals surface area contributed by atoms with Gasteiger partial charge in [-0.3, -0.25) is 4.79 Å². The number of fused-ring (bicyclic) bond motifs is 3. The lowest BCUT2D eigenvalue weighted by atomic mass is 10.0. The van der Waals surface area contributed by atoms with Crippen molar-refractivity contribution in [1.29, 1.82) is 0 Å². The van der Waals surface area contributed by atoms with Gasteiger partial charge in [0.05, 0.1) is 5.75 Å². The highest BCUT2D eigenvalue weighted by atomic mass is 32.2. The number of rotatable bonds is 4. The molecule has 0 atom stereocenters. The number of carbonyl (C=O) groups is 1. The molecule has 1 aromatic carbocycles. The first-order chi connectivity index (χ1) is 10.0. The largest absolute Gasteiger partial charge is 0.481 e. The SMILES string of the molecule is CC(C)c1ccc2[nH]c3nc(SCC(=O)O)nnc3c2c1. The van der Waals surface area contributed by atoms with E-state index < -0.39 is 5.97 Å². The number of aromatic amines is 1. The van der Waals surface area contributed by atoms with Crippen LogP contribution >= 0.6 is 11.8 Å². The van der Waals surface area contributed by atoms with Crippen molar-refractivity contribution in [3.63, 3.8) is 0 Å². The van der Waals surface area contributed by atoms with Crippen LogP contribution in [0.3, 0.4) is 0 Å². The molecule has 0 saturated heterocycles. The standard InChI is InChI=1S/C14H14N4O2S/c1-7(2)8-3-4-10-9(5-8)12-13(15-10)16-14(18-17-12)21-6-11(19)20/h3-5,7H,6H2,1-2H3,(H,19,20)(H,15,16,18). The Labute approximate surface area is 125 Å². The molecule has 7 heteroatoms. The van der Waals surface area contributed by atoms with Gasteiger partial charge in [0.1, 0.15) is 5.52 Å². The van der Waals surface area contributed by atoms with E-state index in [1.54, 1.807) is 0 Å². The van der Waals surface area contributed by atoms with E-state index in [4.69, 9.17) is 5.11 Å². The van der Waals surface area contributed by atoms with Crippen molar-refractivity contribution in [2.24, 2.45) is 0 Å². The van der Waals surface area contributed by atoms with E-state index in [2.05, 4.69) is 46.1 Å². The van der Waals surface area contributed by atoms with Gasteiger partial charge in [-0.15, -0.1) is 10.2 Å². The van der Waals surface area contributed by atoms with E-state index in [9.17, 15) is 4.79 Å². The number of benzene rings is 1. The Bertz CT molecular complexity index is 828. The molecule has 108 valence electrons. The lowest BCUT2D eigenvalue weighted by Gasteiger charge is -2.04. The van der Waals surface area contributed by atoms with Crippen molar-refractivity contribution in [3.05, 3.63) is 23.8 Å². The molecule has 0 aliphatic heterocycles. The maximum atomic E-state index is 10.6. The topological polar surface area (TPSA) is 91.8 Å². The smallest absolute Gasteiger partial charge is 0.313 e. The van der Waals surface area contributed by atoms with E-state index >= 15 is 0 Å². The Morgan fingerprint density at radius 3 is 2.90 bits per heavy atom. The molecule has 3 aromatic rings. The van der Waals surface area contributed by atoms with Crippen molar-refractivity contribution in [3.8, 4) is 0 Å². The van der Waals surface area contributed by atoms with Gasteiger partial charge in [-0.25, -0.2) is 4.98 Å². The molecule has 0 unspecified atom stereocenters. The van der Waals surface area contributed by atoms with E-state index in [1.165, 1.54) is 5.56 Å². The first kappa shape index (κ1) is 13.8. The highest BCUT2D eigenvalue weighted by Gasteiger charge is 2.11. The second kappa shape index (κ2) is 5.33. The molecule has 0 saturated carbocycles. The van der Waals surface area contributed by atoms with E-state index in [0.29, 0.717) is 22.2 Å². The molecule has 2 N–H and O–H groups in total. The summed E-state index contributed by atoms with van der Waals surface area (Å²) in [5, 5.41) is 18.2. The minimum atomic E-state index is -0.901. The molecule has 0 spiro atoms. The van der Waals surface area contributed by atoms with Crippen molar-refractivity contribution < 1.29 is 9.90 Å². The fourth-order valence-corrected chi connectivity index (χ4v) is 2.63. The first-order valence-corrected chi connectivity index (χ1v) is 7.54. The number of hydrogen-bond donors (Lipinski definition) is 2. The zero-order valence-corrected chi connectivity index (χ0v) is 12.4. The van der Waals surface area contributed by atoms with Gasteiger partial charge in [0.2, 0.25) is 5.16 Å². The number of thioether (sulfide) groups is 1. The maximum absolute atomic E-state index is 10.6. The summed E-state index contributed by atoms with van der Waals surface area (Å²) in [6, 6.07) is 6.19. The zero-order valence-electron chi connectivity index (χ0n) is 11.6. The van der Waals surface area contributed by atoms with E-state index in [-0.39, 0.29) is 5.75 Å². The summed E-state index contributed by atoms with van der Waals surface area (Å²) in [5.41, 5.74) is 3.53. The lowest BCUT2D eigenvalue weighted by molar-refractivity contribution is -0.133. The van der Waals surface area contributed by atoms with Gasteiger partial charge in [-0.2, -0.15) is 0 Å². The van der Waals surface area contributed by atoms with Gasteiger partial charge >= 0.3 is 5.97 Å². The maximum Gasteiger partial charge on any atom is 0.313 e. The molecule has 0 aliphatic rings. The molecule has 0 fully saturated rings. The van der Waals surface area contributed by atoms with Gasteiger partial charge < -0.3 is 10.1 Å². The third kappa shape index (κ3) is 2.69. The fourth-order valence-electron chi connectivity index (χ4n) is 2.12. The monoisotopic (exact) mass is 302 g/mol. The minimum Gasteiger partial charge on any atom is -0.481 e. The fraction of sp³-hybridized carbons (Fsp3) is 0.286. The lowest BCUT2D eigenvalue weighted by Crippen LogP contribution is -2.00. The Hall–Kier alpha value is -2.15. The molecule has 0 radical (unpaired) electrons. The summed E-state index contributed by atoms with van der Waals surface area (Å²) >= 11 is 1.06. The van der Waals surface area contributed by atoms with Crippen LogP contribution in [0.15, 0.2) is 23.4 Å². The molecule has 21 heavy (non-hydrogen) atoms. The van der Waals surface area contributed by atoms with Crippen molar-refractivity contribution >= 4 is 39.8 Å². The molecule has 6 nitrogen and oxygen atoms in total. The average Bonchev–Trinajstić information content (AvgIpc) is 2.81. The van der Waals surface area contributed by atoms with Crippen LogP contribution in [-0.2, 0) is 4.79 Å². The highest BCUT2D eigenvalue weighted by Crippen LogP contribution is 2.27. The summed E-state index contributed by atoms with van der Waals surface area (Å²) in [5.74, 6) is -0.544. The summed E-state index contributed by atoms with van der Waals surface area (Å²) in [4.78, 5) is 18.1. The van der Waals surface area contributed by atoms with Crippen LogP contribution in [0.5, 0.6) is 0 Å². The molecular formula is C14H14N4O2S. The van der Waals surface area contributed by atoms with Gasteiger partial charge in [0.25, 0.3) is 0 Å². The molecule has 3 rings (SSSR count). The van der Waals surface area contributed by atoms with Crippen molar-refractivity contribution in [1.82, 2.24) is 20.2 Å². The average molecular weight is 302 g/mol. The number of nitrogens with zero attached hydrogens (tertiary/aromatic N) is 3. The number of H-pyrrole nitrogens is 1. The second-order valence-corrected chi connectivity index (χ2v) is 6.00. The summed E-state index contributed by atoms with van der Waals surface area (Å²) in [7, 11) is 0. The number of aliphatic carboxylic acids is 1. The third-order valence-electron chi connectivity index (χ3n) is 3.21. The Morgan fingerprint density at radius 1 is 1.38 bits per heavy atom. The van der Waals surface area contributed by atoms with Gasteiger partial charge in [-0.05, 0) is 23.6 Å². The number of aromatic nitrogens is 4. The summed E-state index contributed by atoms with van der Waals surface area (Å²) in [6.45, 7) is 4.28. The third-order valence-corrected chi connectivity index (χ3v) is 4.03. The quantitative estimate of drug-likeness (QED) is 0.720. The summed E-state index contributed by atoms with van der Waals surface area (Å²) in [6.07, 6.45) is 0. The van der Waals surface area contributed by atoms with Crippen LogP contribution in [0, 0.1) is 0 Å². The van der Waals surface area contributed by atoms with Crippen molar-refractivity contribution in [2.75, 3.05) is 5.75 Å². The number of carboxylic acids is 1. The molecule has 0 bridgehead atoms. The summed E-state index contributed by atoms with van der Waals surface area (Å²) < 4.78 is 0. The highest BCUT2D eigenvalue weighted by molar-refractivity contribution is 7.99. The Kier molecular flexibility index (Phi) is 3.50. The second-order valence-electron chi connectivity index (χ2n) is 5.06. The van der Waals surface area contributed by atoms with Crippen LogP contribution in [0.4, 0.5) is 0 Å². The predicted octanol–water partition coefficient (Wildman–Crippen LogP) is 2.81. The molecular weight excluding hydrogens is 288 g/mol. The molecule has 2 aromatic heterocycles. The zero-order chi connectivity index (χ0) is 15.0.